The topological polar surface area (TPSA) is 70.4 Å². The number of halogens is 3. The zero-order chi connectivity index (χ0) is 22.9. The molecule has 10 heteroatoms. The average molecular weight is 461 g/mol. The summed E-state index contributed by atoms with van der Waals surface area (Å²) in [5.74, 6) is 0. The number of hydrogen-bond acceptors (Lipinski definition) is 5. The minimum atomic E-state index is -4.60. The van der Waals surface area contributed by atoms with Gasteiger partial charge in [0.2, 0.25) is 0 Å². The summed E-state index contributed by atoms with van der Waals surface area (Å²) >= 11 is 0. The Kier molecular flexibility index (Phi) is 6.83. The smallest absolute Gasteiger partial charge is 0.385 e. The number of alkyl halides is 3. The van der Waals surface area contributed by atoms with Crippen LogP contribution in [0.15, 0.2) is 35.2 Å². The van der Waals surface area contributed by atoms with Crippen molar-refractivity contribution in [2.45, 2.75) is 61.6 Å². The molecule has 0 amide bonds. The van der Waals surface area contributed by atoms with Gasteiger partial charge in [-0.05, 0) is 56.9 Å². The molecule has 1 aliphatic rings. The number of aryl methyl sites for hydroxylation is 2. The van der Waals surface area contributed by atoms with Gasteiger partial charge in [-0.15, -0.1) is 0 Å². The summed E-state index contributed by atoms with van der Waals surface area (Å²) in [4.78, 5) is 0.209. The predicted octanol–water partition coefficient (Wildman–Crippen LogP) is 4.33. The first-order valence-electron chi connectivity index (χ1n) is 10.0. The number of rotatable bonds is 7. The molecular weight excluding hydrogens is 433 g/mol. The SMILES string of the molecule is COCCCn1nc(C(F)(F)F)cc1C1CC(C)(S(=O)(=O)c2cccc(C)c2)CCO1. The van der Waals surface area contributed by atoms with E-state index in [0.717, 1.165) is 11.6 Å². The average Bonchev–Trinajstić information content (AvgIpc) is 3.13. The quantitative estimate of drug-likeness (QED) is 0.575. The Balaban J connectivity index is 1.94. The molecule has 2 aromatic rings. The lowest BCUT2D eigenvalue weighted by atomic mass is 9.94. The van der Waals surface area contributed by atoms with E-state index in [1.807, 2.05) is 13.0 Å². The Morgan fingerprint density at radius 2 is 2.06 bits per heavy atom. The summed E-state index contributed by atoms with van der Waals surface area (Å²) in [5, 5.41) is 3.71. The Labute approximate surface area is 180 Å². The highest BCUT2D eigenvalue weighted by Crippen LogP contribution is 2.43. The number of aromatic nitrogens is 2. The van der Waals surface area contributed by atoms with Crippen LogP contribution in [0.5, 0.6) is 0 Å². The second-order valence-electron chi connectivity index (χ2n) is 8.11. The van der Waals surface area contributed by atoms with Crippen LogP contribution in [0, 0.1) is 6.92 Å². The maximum atomic E-state index is 13.4. The summed E-state index contributed by atoms with van der Waals surface area (Å²) in [7, 11) is -2.22. The van der Waals surface area contributed by atoms with Gasteiger partial charge in [0.15, 0.2) is 15.5 Å². The lowest BCUT2D eigenvalue weighted by Crippen LogP contribution is -2.42. The maximum absolute atomic E-state index is 13.4. The molecule has 0 spiro atoms. The fraction of sp³-hybridized carbons (Fsp3) is 0.571. The van der Waals surface area contributed by atoms with Crippen molar-refractivity contribution >= 4 is 9.84 Å². The van der Waals surface area contributed by atoms with Crippen LogP contribution >= 0.6 is 0 Å². The van der Waals surface area contributed by atoms with E-state index in [1.54, 1.807) is 25.1 Å². The molecule has 1 saturated heterocycles. The maximum Gasteiger partial charge on any atom is 0.435 e. The largest absolute Gasteiger partial charge is 0.435 e. The van der Waals surface area contributed by atoms with Gasteiger partial charge in [-0.3, -0.25) is 4.68 Å². The highest BCUT2D eigenvalue weighted by Gasteiger charge is 2.46. The third kappa shape index (κ3) is 4.96. The molecule has 1 aromatic heterocycles. The van der Waals surface area contributed by atoms with Crippen LogP contribution in [0.25, 0.3) is 0 Å². The molecule has 3 rings (SSSR count). The second kappa shape index (κ2) is 8.91. The molecule has 2 heterocycles. The number of benzene rings is 1. The van der Waals surface area contributed by atoms with Gasteiger partial charge in [-0.1, -0.05) is 12.1 Å². The zero-order valence-electron chi connectivity index (χ0n) is 17.8. The third-order valence-electron chi connectivity index (χ3n) is 5.67. The lowest BCUT2D eigenvalue weighted by Gasteiger charge is -2.37. The van der Waals surface area contributed by atoms with Gasteiger partial charge in [0, 0.05) is 26.9 Å². The zero-order valence-corrected chi connectivity index (χ0v) is 18.6. The summed E-state index contributed by atoms with van der Waals surface area (Å²) in [6.07, 6.45) is -4.66. The van der Waals surface area contributed by atoms with E-state index in [-0.39, 0.29) is 36.6 Å². The first kappa shape index (κ1) is 23.7. The van der Waals surface area contributed by atoms with Gasteiger partial charge in [-0.25, -0.2) is 8.42 Å². The van der Waals surface area contributed by atoms with E-state index >= 15 is 0 Å². The van der Waals surface area contributed by atoms with Gasteiger partial charge in [-0.2, -0.15) is 18.3 Å². The Morgan fingerprint density at radius 3 is 2.71 bits per heavy atom. The Bertz CT molecular complexity index is 1020. The van der Waals surface area contributed by atoms with Crippen molar-refractivity contribution in [1.82, 2.24) is 9.78 Å². The summed E-state index contributed by atoms with van der Waals surface area (Å²) in [6.45, 7) is 4.14. The molecule has 1 aromatic carbocycles. The van der Waals surface area contributed by atoms with Gasteiger partial charge in [0.1, 0.15) is 6.10 Å². The minimum Gasteiger partial charge on any atom is -0.385 e. The third-order valence-corrected chi connectivity index (χ3v) is 8.21. The van der Waals surface area contributed by atoms with E-state index in [4.69, 9.17) is 9.47 Å². The lowest BCUT2D eigenvalue weighted by molar-refractivity contribution is -0.141. The first-order valence-corrected chi connectivity index (χ1v) is 11.5. The molecule has 2 unspecified atom stereocenters. The van der Waals surface area contributed by atoms with Crippen molar-refractivity contribution in [1.29, 1.82) is 0 Å². The number of sulfone groups is 1. The molecule has 0 N–H and O–H groups in total. The molecule has 172 valence electrons. The van der Waals surface area contributed by atoms with Crippen LogP contribution in [-0.2, 0) is 32.0 Å². The van der Waals surface area contributed by atoms with E-state index < -0.39 is 32.6 Å². The highest BCUT2D eigenvalue weighted by atomic mass is 32.2. The molecule has 1 aliphatic heterocycles. The minimum absolute atomic E-state index is 0.0382. The standard InChI is InChI=1S/C21H27F3N2O4S/c1-15-6-4-7-16(12-15)31(27,28)20(2)8-11-30-18(14-20)17-13-19(21(22,23)24)25-26(17)9-5-10-29-3/h4,6-7,12-13,18H,5,8-11,14H2,1-3H3. The predicted molar refractivity (Wildman–Crippen MR) is 108 cm³/mol. The molecule has 0 aliphatic carbocycles. The molecule has 0 radical (unpaired) electrons. The highest BCUT2D eigenvalue weighted by molar-refractivity contribution is 7.92. The molecule has 6 nitrogen and oxygen atoms in total. The molecule has 31 heavy (non-hydrogen) atoms. The summed E-state index contributed by atoms with van der Waals surface area (Å²) < 4.78 is 77.6. The van der Waals surface area contributed by atoms with Crippen molar-refractivity contribution in [3.05, 3.63) is 47.3 Å². The van der Waals surface area contributed by atoms with E-state index in [9.17, 15) is 21.6 Å². The molecule has 1 fully saturated rings. The van der Waals surface area contributed by atoms with Crippen LogP contribution in [0.3, 0.4) is 0 Å². The normalized spacial score (nSPS) is 22.6. The Hall–Kier alpha value is -1.91. The molecule has 2 atom stereocenters. The van der Waals surface area contributed by atoms with Crippen LogP contribution in [0.2, 0.25) is 0 Å². The number of nitrogens with zero attached hydrogens (tertiary/aromatic N) is 2. The van der Waals surface area contributed by atoms with Gasteiger partial charge in [0.05, 0.1) is 15.3 Å². The van der Waals surface area contributed by atoms with Crippen molar-refractivity contribution in [3.63, 3.8) is 0 Å². The molecule has 0 saturated carbocycles. The fourth-order valence-electron chi connectivity index (χ4n) is 3.84. The van der Waals surface area contributed by atoms with Crippen molar-refractivity contribution in [3.8, 4) is 0 Å². The first-order chi connectivity index (χ1) is 14.5. The number of hydrogen-bond donors (Lipinski definition) is 0. The fourth-order valence-corrected chi connectivity index (χ4v) is 5.73. The summed E-state index contributed by atoms with van der Waals surface area (Å²) in [6, 6.07) is 7.62. The van der Waals surface area contributed by atoms with Crippen LogP contribution in [0.4, 0.5) is 13.2 Å². The van der Waals surface area contributed by atoms with Gasteiger partial charge < -0.3 is 9.47 Å². The van der Waals surface area contributed by atoms with Crippen LogP contribution < -0.4 is 0 Å². The molecular formula is C21H27F3N2O4S. The summed E-state index contributed by atoms with van der Waals surface area (Å²) in [5.41, 5.74) is 0.0328. The monoisotopic (exact) mass is 460 g/mol. The van der Waals surface area contributed by atoms with Gasteiger partial charge >= 0.3 is 6.18 Å². The van der Waals surface area contributed by atoms with E-state index in [1.165, 1.54) is 11.8 Å². The van der Waals surface area contributed by atoms with Crippen LogP contribution in [-0.4, -0.2) is 43.3 Å². The number of methoxy groups -OCH3 is 1. The Morgan fingerprint density at radius 1 is 1.32 bits per heavy atom. The van der Waals surface area contributed by atoms with Crippen molar-refractivity contribution < 1.29 is 31.1 Å². The second-order valence-corrected chi connectivity index (χ2v) is 10.6. The number of ether oxygens (including phenoxy) is 2. The van der Waals surface area contributed by atoms with E-state index in [2.05, 4.69) is 5.10 Å². The molecule has 0 bridgehead atoms. The van der Waals surface area contributed by atoms with Crippen molar-refractivity contribution in [2.75, 3.05) is 20.3 Å². The van der Waals surface area contributed by atoms with E-state index in [0.29, 0.717) is 13.0 Å². The van der Waals surface area contributed by atoms with Crippen LogP contribution in [0.1, 0.15) is 49.2 Å². The van der Waals surface area contributed by atoms with Crippen molar-refractivity contribution in [2.24, 2.45) is 0 Å². The van der Waals surface area contributed by atoms with Gasteiger partial charge in [0.25, 0.3) is 0 Å².